The van der Waals surface area contributed by atoms with Crippen molar-refractivity contribution in [2.45, 2.75) is 24.3 Å². The molecule has 24 heavy (non-hydrogen) atoms. The molecule has 0 heterocycles. The summed E-state index contributed by atoms with van der Waals surface area (Å²) in [6.07, 6.45) is 1.95. The molecule has 0 saturated carbocycles. The number of anilines is 1. The zero-order chi connectivity index (χ0) is 17.7. The lowest BCUT2D eigenvalue weighted by atomic mass is 10.1. The lowest BCUT2D eigenvalue weighted by Gasteiger charge is -2.20. The summed E-state index contributed by atoms with van der Waals surface area (Å²) >= 11 is 5.28. The molecule has 0 spiro atoms. The first kappa shape index (κ1) is 18.4. The molecule has 0 aliphatic rings. The van der Waals surface area contributed by atoms with Crippen molar-refractivity contribution in [1.29, 1.82) is 0 Å². The molecule has 0 amide bonds. The summed E-state index contributed by atoms with van der Waals surface area (Å²) in [5.74, 6) is -0.308. The molecule has 2 aromatic carbocycles. The van der Waals surface area contributed by atoms with E-state index in [-0.39, 0.29) is 16.8 Å². The standard InChI is InChI=1S/C17H19FN2O2S2/c1-3-16(12-4-10-15(11-5-12)24(2,21)22)20-17(23)19-14-8-6-13(18)7-9-14/h4-11,16H,3H2,1-2H3,(H2,19,20,23)/t16-/m0/s1. The van der Waals surface area contributed by atoms with Crippen molar-refractivity contribution in [3.63, 3.8) is 0 Å². The van der Waals surface area contributed by atoms with Gasteiger partial charge in [-0.05, 0) is 60.6 Å². The molecular formula is C17H19FN2O2S2. The van der Waals surface area contributed by atoms with Gasteiger partial charge >= 0.3 is 0 Å². The molecule has 0 aliphatic heterocycles. The van der Waals surface area contributed by atoms with E-state index in [2.05, 4.69) is 10.6 Å². The first-order chi connectivity index (χ1) is 11.3. The second-order valence-corrected chi connectivity index (χ2v) is 7.83. The van der Waals surface area contributed by atoms with Gasteiger partial charge in [0, 0.05) is 11.9 Å². The van der Waals surface area contributed by atoms with Gasteiger partial charge in [0.15, 0.2) is 14.9 Å². The molecule has 7 heteroatoms. The number of rotatable bonds is 5. The van der Waals surface area contributed by atoms with E-state index in [1.54, 1.807) is 36.4 Å². The zero-order valence-electron chi connectivity index (χ0n) is 13.4. The van der Waals surface area contributed by atoms with Gasteiger partial charge in [0.2, 0.25) is 0 Å². The summed E-state index contributed by atoms with van der Waals surface area (Å²) in [4.78, 5) is 0.285. The van der Waals surface area contributed by atoms with Crippen molar-refractivity contribution < 1.29 is 12.8 Å². The molecule has 0 fully saturated rings. The van der Waals surface area contributed by atoms with Crippen LogP contribution in [0, 0.1) is 5.82 Å². The highest BCUT2D eigenvalue weighted by Crippen LogP contribution is 2.19. The minimum atomic E-state index is -3.21. The Morgan fingerprint density at radius 1 is 1.12 bits per heavy atom. The van der Waals surface area contributed by atoms with E-state index in [0.29, 0.717) is 10.8 Å². The van der Waals surface area contributed by atoms with Crippen LogP contribution < -0.4 is 10.6 Å². The van der Waals surface area contributed by atoms with Crippen LogP contribution in [0.2, 0.25) is 0 Å². The van der Waals surface area contributed by atoms with Crippen LogP contribution in [0.4, 0.5) is 10.1 Å². The lowest BCUT2D eigenvalue weighted by Crippen LogP contribution is -2.32. The SMILES string of the molecule is CC[C@H](NC(=S)Nc1ccc(F)cc1)c1ccc(S(C)(=O)=O)cc1. The highest BCUT2D eigenvalue weighted by molar-refractivity contribution is 7.90. The Morgan fingerprint density at radius 2 is 1.71 bits per heavy atom. The van der Waals surface area contributed by atoms with E-state index in [1.165, 1.54) is 18.4 Å². The average Bonchev–Trinajstić information content (AvgIpc) is 2.54. The van der Waals surface area contributed by atoms with E-state index in [1.807, 2.05) is 6.92 Å². The van der Waals surface area contributed by atoms with Gasteiger partial charge in [0.1, 0.15) is 5.82 Å². The van der Waals surface area contributed by atoms with Gasteiger partial charge in [-0.15, -0.1) is 0 Å². The molecule has 2 N–H and O–H groups in total. The van der Waals surface area contributed by atoms with Gasteiger partial charge < -0.3 is 10.6 Å². The molecule has 0 unspecified atom stereocenters. The van der Waals surface area contributed by atoms with E-state index in [0.717, 1.165) is 12.0 Å². The van der Waals surface area contributed by atoms with Crippen molar-refractivity contribution in [2.24, 2.45) is 0 Å². The number of benzene rings is 2. The Kier molecular flexibility index (Phi) is 5.90. The molecule has 0 aromatic heterocycles. The molecule has 2 aromatic rings. The third-order valence-electron chi connectivity index (χ3n) is 3.53. The van der Waals surface area contributed by atoms with Crippen LogP contribution in [0.5, 0.6) is 0 Å². The van der Waals surface area contributed by atoms with Crippen LogP contribution in [-0.4, -0.2) is 19.8 Å². The maximum Gasteiger partial charge on any atom is 0.175 e. The second-order valence-electron chi connectivity index (χ2n) is 5.41. The van der Waals surface area contributed by atoms with E-state index < -0.39 is 9.84 Å². The quantitative estimate of drug-likeness (QED) is 0.791. The molecule has 4 nitrogen and oxygen atoms in total. The predicted octanol–water partition coefficient (Wildman–Crippen LogP) is 3.67. The van der Waals surface area contributed by atoms with Crippen LogP contribution in [0.25, 0.3) is 0 Å². The first-order valence-electron chi connectivity index (χ1n) is 7.42. The Balaban J connectivity index is 2.05. The largest absolute Gasteiger partial charge is 0.356 e. The first-order valence-corrected chi connectivity index (χ1v) is 9.72. The zero-order valence-corrected chi connectivity index (χ0v) is 15.0. The van der Waals surface area contributed by atoms with Gasteiger partial charge in [-0.25, -0.2) is 12.8 Å². The second kappa shape index (κ2) is 7.72. The fourth-order valence-corrected chi connectivity index (χ4v) is 3.12. The molecule has 0 aliphatic carbocycles. The highest BCUT2D eigenvalue weighted by Gasteiger charge is 2.13. The summed E-state index contributed by atoms with van der Waals surface area (Å²) in [5.41, 5.74) is 1.63. The molecule has 0 radical (unpaired) electrons. The van der Waals surface area contributed by atoms with Crippen molar-refractivity contribution in [1.82, 2.24) is 5.32 Å². The van der Waals surface area contributed by atoms with Crippen molar-refractivity contribution in [2.75, 3.05) is 11.6 Å². The summed E-state index contributed by atoms with van der Waals surface area (Å²) in [5, 5.41) is 6.60. The molecular weight excluding hydrogens is 347 g/mol. The van der Waals surface area contributed by atoms with Gasteiger partial charge in [0.25, 0.3) is 0 Å². The van der Waals surface area contributed by atoms with E-state index in [4.69, 9.17) is 12.2 Å². The van der Waals surface area contributed by atoms with Gasteiger partial charge in [-0.3, -0.25) is 0 Å². The van der Waals surface area contributed by atoms with Crippen molar-refractivity contribution in [3.05, 3.63) is 59.9 Å². The Labute approximate surface area is 147 Å². The van der Waals surface area contributed by atoms with Crippen LogP contribution in [0.15, 0.2) is 53.4 Å². The van der Waals surface area contributed by atoms with Crippen molar-refractivity contribution >= 4 is 32.9 Å². The summed E-state index contributed by atoms with van der Waals surface area (Å²) in [7, 11) is -3.21. The molecule has 0 saturated heterocycles. The van der Waals surface area contributed by atoms with Gasteiger partial charge in [0.05, 0.1) is 10.9 Å². The topological polar surface area (TPSA) is 58.2 Å². The average molecular weight is 366 g/mol. The summed E-state index contributed by atoms with van der Waals surface area (Å²) in [6.45, 7) is 2.00. The van der Waals surface area contributed by atoms with Crippen molar-refractivity contribution in [3.8, 4) is 0 Å². The molecule has 128 valence electrons. The number of hydrogen-bond acceptors (Lipinski definition) is 3. The molecule has 2 rings (SSSR count). The highest BCUT2D eigenvalue weighted by atomic mass is 32.2. The van der Waals surface area contributed by atoms with E-state index in [9.17, 15) is 12.8 Å². The number of nitrogens with one attached hydrogen (secondary N) is 2. The lowest BCUT2D eigenvalue weighted by molar-refractivity contribution is 0.601. The van der Waals surface area contributed by atoms with Crippen LogP contribution >= 0.6 is 12.2 Å². The van der Waals surface area contributed by atoms with E-state index >= 15 is 0 Å². The number of hydrogen-bond donors (Lipinski definition) is 2. The summed E-state index contributed by atoms with van der Waals surface area (Å²) in [6, 6.07) is 12.6. The van der Waals surface area contributed by atoms with Crippen LogP contribution in [0.1, 0.15) is 24.9 Å². The number of thiocarbonyl (C=S) groups is 1. The maximum atomic E-state index is 12.9. The minimum absolute atomic E-state index is 0.0564. The van der Waals surface area contributed by atoms with Gasteiger partial charge in [-0.2, -0.15) is 0 Å². The fourth-order valence-electron chi connectivity index (χ4n) is 2.23. The fraction of sp³-hybridized carbons (Fsp3) is 0.235. The maximum absolute atomic E-state index is 12.9. The minimum Gasteiger partial charge on any atom is -0.356 e. The summed E-state index contributed by atoms with van der Waals surface area (Å²) < 4.78 is 35.9. The van der Waals surface area contributed by atoms with Gasteiger partial charge in [-0.1, -0.05) is 19.1 Å². The smallest absolute Gasteiger partial charge is 0.175 e. The number of halogens is 1. The third kappa shape index (κ3) is 5.01. The Hall–Kier alpha value is -1.99. The monoisotopic (exact) mass is 366 g/mol. The number of sulfone groups is 1. The van der Waals surface area contributed by atoms with Crippen LogP contribution in [0.3, 0.4) is 0 Å². The normalized spacial score (nSPS) is 12.5. The predicted molar refractivity (Wildman–Crippen MR) is 98.3 cm³/mol. The Bertz CT molecular complexity index is 803. The molecule has 1 atom stereocenters. The Morgan fingerprint density at radius 3 is 2.21 bits per heavy atom. The molecule has 0 bridgehead atoms. The van der Waals surface area contributed by atoms with Crippen LogP contribution in [-0.2, 0) is 9.84 Å². The third-order valence-corrected chi connectivity index (χ3v) is 4.87.